The standard InChI is InChI=1S/C18H27/c1-3-5-7-9-11-13-15-17-18-16-14-12-10-8-6-4-2/h3,5-6,8,11-14,17-18H,1,4,7,9-10,15-16H2,2H3/b5-3+,8-6-,13-11-,14-12-,18-17-. The van der Waals surface area contributed by atoms with Crippen LogP contribution in [0.5, 0.6) is 0 Å². The fourth-order valence-electron chi connectivity index (χ4n) is 1.41. The molecule has 99 valence electrons. The second-order valence-electron chi connectivity index (χ2n) is 4.05. The van der Waals surface area contributed by atoms with E-state index in [1.54, 1.807) is 0 Å². The molecule has 0 unspecified atom stereocenters. The van der Waals surface area contributed by atoms with Gasteiger partial charge >= 0.3 is 0 Å². The summed E-state index contributed by atoms with van der Waals surface area (Å²) in [6.45, 7) is 5.82. The van der Waals surface area contributed by atoms with Crippen molar-refractivity contribution in [2.24, 2.45) is 0 Å². The summed E-state index contributed by atoms with van der Waals surface area (Å²) in [5.74, 6) is 0. The van der Waals surface area contributed by atoms with Crippen LogP contribution in [0.2, 0.25) is 0 Å². The van der Waals surface area contributed by atoms with Crippen molar-refractivity contribution in [3.05, 3.63) is 67.7 Å². The summed E-state index contributed by atoms with van der Waals surface area (Å²) in [6.07, 6.45) is 28.2. The van der Waals surface area contributed by atoms with Gasteiger partial charge in [0.1, 0.15) is 0 Å². The molecule has 18 heavy (non-hydrogen) atoms. The third-order valence-corrected chi connectivity index (χ3v) is 2.39. The molecule has 0 aliphatic rings. The Bertz CT molecular complexity index is 287. The highest BCUT2D eigenvalue weighted by Crippen LogP contribution is 1.97. The van der Waals surface area contributed by atoms with E-state index in [-0.39, 0.29) is 0 Å². The average Bonchev–Trinajstić information content (AvgIpc) is 2.39. The lowest BCUT2D eigenvalue weighted by Gasteiger charge is -1.86. The van der Waals surface area contributed by atoms with E-state index in [2.05, 4.69) is 68.5 Å². The van der Waals surface area contributed by atoms with Crippen molar-refractivity contribution in [1.82, 2.24) is 0 Å². The Hall–Kier alpha value is -1.30. The van der Waals surface area contributed by atoms with Crippen molar-refractivity contribution >= 4 is 0 Å². The molecular weight excluding hydrogens is 216 g/mol. The smallest absolute Gasteiger partial charge is 0.0169 e. The third kappa shape index (κ3) is 14.7. The van der Waals surface area contributed by atoms with E-state index in [1.165, 1.54) is 0 Å². The van der Waals surface area contributed by atoms with E-state index in [0.717, 1.165) is 38.5 Å². The van der Waals surface area contributed by atoms with Crippen molar-refractivity contribution < 1.29 is 0 Å². The van der Waals surface area contributed by atoms with Gasteiger partial charge in [0.05, 0.1) is 0 Å². The number of rotatable bonds is 10. The predicted octanol–water partition coefficient (Wildman–Crippen LogP) is 5.96. The summed E-state index contributed by atoms with van der Waals surface area (Å²) in [6, 6.07) is 0. The molecule has 0 saturated heterocycles. The largest absolute Gasteiger partial charge is 0.0885 e. The first kappa shape index (κ1) is 16.7. The van der Waals surface area contributed by atoms with Gasteiger partial charge in [-0.05, 0) is 45.4 Å². The molecule has 0 N–H and O–H groups in total. The van der Waals surface area contributed by atoms with Crippen LogP contribution in [0.1, 0.15) is 45.4 Å². The molecule has 0 amide bonds. The molecule has 0 aromatic rings. The zero-order chi connectivity index (χ0) is 13.3. The predicted molar refractivity (Wildman–Crippen MR) is 84.4 cm³/mol. The fourth-order valence-corrected chi connectivity index (χ4v) is 1.41. The number of unbranched alkanes of at least 4 members (excludes halogenated alkanes) is 1. The van der Waals surface area contributed by atoms with Crippen molar-refractivity contribution in [3.8, 4) is 0 Å². The van der Waals surface area contributed by atoms with E-state index in [1.807, 2.05) is 6.08 Å². The van der Waals surface area contributed by atoms with Crippen LogP contribution >= 0.6 is 0 Å². The van der Waals surface area contributed by atoms with Gasteiger partial charge in [0, 0.05) is 0 Å². The van der Waals surface area contributed by atoms with Crippen molar-refractivity contribution in [2.45, 2.75) is 45.4 Å². The molecule has 1 radical (unpaired) electrons. The molecule has 0 fully saturated rings. The molecule has 0 nitrogen and oxygen atoms in total. The second-order valence-corrected chi connectivity index (χ2v) is 4.05. The molecule has 0 aliphatic carbocycles. The van der Waals surface area contributed by atoms with E-state index >= 15 is 0 Å². The summed E-state index contributed by atoms with van der Waals surface area (Å²) in [7, 11) is 0. The quantitative estimate of drug-likeness (QED) is 0.328. The first-order valence-corrected chi connectivity index (χ1v) is 6.96. The molecule has 0 atom stereocenters. The summed E-state index contributed by atoms with van der Waals surface area (Å²) in [5, 5.41) is 0. The number of hydrogen-bond donors (Lipinski definition) is 0. The molecule has 0 aliphatic heterocycles. The van der Waals surface area contributed by atoms with Gasteiger partial charge in [0.15, 0.2) is 0 Å². The van der Waals surface area contributed by atoms with E-state index in [4.69, 9.17) is 0 Å². The number of hydrogen-bond acceptors (Lipinski definition) is 0. The van der Waals surface area contributed by atoms with Gasteiger partial charge in [-0.25, -0.2) is 0 Å². The van der Waals surface area contributed by atoms with Crippen LogP contribution in [0.15, 0.2) is 60.8 Å². The van der Waals surface area contributed by atoms with Gasteiger partial charge in [-0.15, -0.1) is 0 Å². The highest BCUT2D eigenvalue weighted by Gasteiger charge is 1.76. The van der Waals surface area contributed by atoms with E-state index < -0.39 is 0 Å². The Morgan fingerprint density at radius 2 is 1.06 bits per heavy atom. The van der Waals surface area contributed by atoms with Crippen LogP contribution in [0, 0.1) is 6.92 Å². The Kier molecular flexibility index (Phi) is 14.6. The Labute approximate surface area is 113 Å². The van der Waals surface area contributed by atoms with Gasteiger partial charge in [0.25, 0.3) is 0 Å². The van der Waals surface area contributed by atoms with Gasteiger partial charge in [0.2, 0.25) is 0 Å². The molecule has 0 heterocycles. The van der Waals surface area contributed by atoms with Crippen LogP contribution in [0.4, 0.5) is 0 Å². The number of allylic oxidation sites excluding steroid dienone is 10. The second kappa shape index (κ2) is 15.7. The molecule has 0 rings (SSSR count). The van der Waals surface area contributed by atoms with Gasteiger partial charge in [-0.1, -0.05) is 67.7 Å². The minimum absolute atomic E-state index is 1.04. The zero-order valence-corrected chi connectivity index (χ0v) is 11.7. The highest BCUT2D eigenvalue weighted by molar-refractivity contribution is 4.99. The summed E-state index contributed by atoms with van der Waals surface area (Å²) in [5.41, 5.74) is 0. The van der Waals surface area contributed by atoms with Crippen molar-refractivity contribution in [3.63, 3.8) is 0 Å². The topological polar surface area (TPSA) is 0 Å². The minimum atomic E-state index is 1.04. The Morgan fingerprint density at radius 1 is 0.611 bits per heavy atom. The monoisotopic (exact) mass is 243 g/mol. The first-order valence-electron chi connectivity index (χ1n) is 6.96. The summed E-state index contributed by atoms with van der Waals surface area (Å²) >= 11 is 0. The van der Waals surface area contributed by atoms with Crippen LogP contribution in [0.3, 0.4) is 0 Å². The summed E-state index contributed by atoms with van der Waals surface area (Å²) < 4.78 is 0. The molecule has 0 heteroatoms. The fraction of sp³-hybridized carbons (Fsp3) is 0.389. The minimum Gasteiger partial charge on any atom is -0.0885 e. The van der Waals surface area contributed by atoms with E-state index in [0.29, 0.717) is 0 Å². The molecule has 0 spiro atoms. The molecule has 0 aromatic carbocycles. The van der Waals surface area contributed by atoms with Crippen LogP contribution in [-0.4, -0.2) is 0 Å². The molecule has 0 bridgehead atoms. The molecule has 0 aromatic heterocycles. The Morgan fingerprint density at radius 3 is 1.56 bits per heavy atom. The van der Waals surface area contributed by atoms with Crippen LogP contribution in [-0.2, 0) is 0 Å². The zero-order valence-electron chi connectivity index (χ0n) is 11.7. The first-order chi connectivity index (χ1) is 8.91. The van der Waals surface area contributed by atoms with E-state index in [9.17, 15) is 0 Å². The maximum absolute atomic E-state index is 3.66. The Balaban J connectivity index is 3.40. The highest BCUT2D eigenvalue weighted by atomic mass is 13.8. The SMILES string of the molecule is [CH2]/C=C/CC/C=C\C/C=C\C/C=C\C/C=C\CC. The van der Waals surface area contributed by atoms with Gasteiger partial charge < -0.3 is 0 Å². The summed E-state index contributed by atoms with van der Waals surface area (Å²) in [4.78, 5) is 0. The molecular formula is C18H27. The normalized spacial score (nSPS) is 13.2. The lowest BCUT2D eigenvalue weighted by atomic mass is 10.2. The van der Waals surface area contributed by atoms with Gasteiger partial charge in [-0.3, -0.25) is 0 Å². The maximum atomic E-state index is 3.66. The maximum Gasteiger partial charge on any atom is -0.0169 e. The van der Waals surface area contributed by atoms with Crippen LogP contribution < -0.4 is 0 Å². The third-order valence-electron chi connectivity index (χ3n) is 2.39. The lowest BCUT2D eigenvalue weighted by molar-refractivity contribution is 1.04. The van der Waals surface area contributed by atoms with Crippen LogP contribution in [0.25, 0.3) is 0 Å². The van der Waals surface area contributed by atoms with Crippen molar-refractivity contribution in [1.29, 1.82) is 0 Å². The average molecular weight is 243 g/mol. The van der Waals surface area contributed by atoms with Crippen molar-refractivity contribution in [2.75, 3.05) is 0 Å². The lowest BCUT2D eigenvalue weighted by Crippen LogP contribution is -1.65. The van der Waals surface area contributed by atoms with Gasteiger partial charge in [-0.2, -0.15) is 0 Å². The molecule has 0 saturated carbocycles.